The molecule has 2 heterocycles. The molecule has 1 aliphatic heterocycles. The number of nitrogens with one attached hydrogen (secondary N) is 1. The molecule has 0 aliphatic carbocycles. The fourth-order valence-corrected chi connectivity index (χ4v) is 2.00. The second kappa shape index (κ2) is 5.04. The van der Waals surface area contributed by atoms with Crippen molar-refractivity contribution >= 4 is 5.91 Å². The molecule has 2 atom stereocenters. The summed E-state index contributed by atoms with van der Waals surface area (Å²) in [6.45, 7) is 4.35. The highest BCUT2D eigenvalue weighted by Crippen LogP contribution is 2.24. The van der Waals surface area contributed by atoms with Gasteiger partial charge in [-0.3, -0.25) is 4.79 Å². The van der Waals surface area contributed by atoms with Gasteiger partial charge >= 0.3 is 0 Å². The average molecular weight is 250 g/mol. The summed E-state index contributed by atoms with van der Waals surface area (Å²) in [5.74, 6) is -0.272. The summed E-state index contributed by atoms with van der Waals surface area (Å²) in [6.07, 6.45) is 0.277. The molecular formula is C13H18N2O3. The van der Waals surface area contributed by atoms with Crippen LogP contribution in [-0.2, 0) is 4.74 Å². The summed E-state index contributed by atoms with van der Waals surface area (Å²) in [5, 5.41) is 13.0. The Kier molecular flexibility index (Phi) is 3.63. The van der Waals surface area contributed by atoms with Crippen molar-refractivity contribution in [2.24, 2.45) is 0 Å². The van der Waals surface area contributed by atoms with Crippen LogP contribution < -0.4 is 5.32 Å². The highest BCUT2D eigenvalue weighted by Gasteiger charge is 2.39. The predicted molar refractivity (Wildman–Crippen MR) is 66.3 cm³/mol. The summed E-state index contributed by atoms with van der Waals surface area (Å²) in [7, 11) is 0. The van der Waals surface area contributed by atoms with Crippen LogP contribution in [0.25, 0.3) is 0 Å². The number of nitrogens with zero attached hydrogens (tertiary/aromatic N) is 1. The number of rotatable bonds is 3. The van der Waals surface area contributed by atoms with E-state index in [1.165, 1.54) is 0 Å². The first-order chi connectivity index (χ1) is 8.51. The monoisotopic (exact) mass is 250 g/mol. The largest absolute Gasteiger partial charge is 0.385 e. The predicted octanol–water partition coefficient (Wildman–Crippen LogP) is 0.660. The normalized spacial score (nSPS) is 27.2. The van der Waals surface area contributed by atoms with Crippen LogP contribution in [0, 0.1) is 6.92 Å². The van der Waals surface area contributed by atoms with E-state index in [9.17, 15) is 9.90 Å². The Morgan fingerprint density at radius 2 is 2.44 bits per heavy atom. The molecule has 0 saturated carbocycles. The molecule has 1 amide bonds. The highest BCUT2D eigenvalue weighted by atomic mass is 16.5. The average Bonchev–Trinajstić information content (AvgIpc) is 2.67. The number of amides is 1. The second-order valence-electron chi connectivity index (χ2n) is 4.71. The molecule has 1 aromatic heterocycles. The summed E-state index contributed by atoms with van der Waals surface area (Å²) in [5.41, 5.74) is 0.184. The van der Waals surface area contributed by atoms with Gasteiger partial charge in [0.25, 0.3) is 5.91 Å². The first-order valence-corrected chi connectivity index (χ1v) is 6.07. The van der Waals surface area contributed by atoms with E-state index in [0.717, 1.165) is 5.69 Å². The van der Waals surface area contributed by atoms with Crippen molar-refractivity contribution in [1.82, 2.24) is 10.3 Å². The van der Waals surface area contributed by atoms with Gasteiger partial charge in [-0.25, -0.2) is 4.98 Å². The SMILES string of the molecule is Cc1cccc(C(=O)NCC2(O)CCOC2C)n1. The minimum absolute atomic E-state index is 0.183. The Hall–Kier alpha value is -1.46. The fraction of sp³-hybridized carbons (Fsp3) is 0.538. The van der Waals surface area contributed by atoms with E-state index in [0.29, 0.717) is 18.7 Å². The number of carbonyl (C=O) groups is 1. The molecule has 18 heavy (non-hydrogen) atoms. The minimum Gasteiger partial charge on any atom is -0.385 e. The summed E-state index contributed by atoms with van der Waals surface area (Å²) in [6, 6.07) is 5.27. The number of aromatic nitrogens is 1. The Labute approximate surface area is 106 Å². The van der Waals surface area contributed by atoms with Crippen molar-refractivity contribution in [3.63, 3.8) is 0 Å². The van der Waals surface area contributed by atoms with Crippen molar-refractivity contribution in [3.8, 4) is 0 Å². The number of aliphatic hydroxyl groups is 1. The van der Waals surface area contributed by atoms with Crippen molar-refractivity contribution in [1.29, 1.82) is 0 Å². The van der Waals surface area contributed by atoms with Gasteiger partial charge in [-0.2, -0.15) is 0 Å². The van der Waals surface area contributed by atoms with Crippen LogP contribution in [0.1, 0.15) is 29.5 Å². The number of hydrogen-bond acceptors (Lipinski definition) is 4. The standard InChI is InChI=1S/C13H18N2O3/c1-9-4-3-5-11(15-9)12(16)14-8-13(17)6-7-18-10(13)2/h3-5,10,17H,6-8H2,1-2H3,(H,14,16). The Balaban J connectivity index is 1.96. The molecule has 0 bridgehead atoms. The van der Waals surface area contributed by atoms with Crippen molar-refractivity contribution in [3.05, 3.63) is 29.6 Å². The molecule has 0 spiro atoms. The Morgan fingerprint density at radius 1 is 1.67 bits per heavy atom. The van der Waals surface area contributed by atoms with E-state index >= 15 is 0 Å². The molecule has 2 N–H and O–H groups in total. The summed E-state index contributed by atoms with van der Waals surface area (Å²) in [4.78, 5) is 16.0. The number of pyridine rings is 1. The van der Waals surface area contributed by atoms with Crippen molar-refractivity contribution in [2.45, 2.75) is 32.0 Å². The third-order valence-electron chi connectivity index (χ3n) is 3.34. The number of ether oxygens (including phenoxy) is 1. The molecule has 5 heteroatoms. The van der Waals surface area contributed by atoms with Crippen LogP contribution in [0.2, 0.25) is 0 Å². The summed E-state index contributed by atoms with van der Waals surface area (Å²) >= 11 is 0. The van der Waals surface area contributed by atoms with E-state index in [2.05, 4.69) is 10.3 Å². The quantitative estimate of drug-likeness (QED) is 0.826. The zero-order valence-electron chi connectivity index (χ0n) is 10.6. The van der Waals surface area contributed by atoms with Crippen molar-refractivity contribution in [2.75, 3.05) is 13.2 Å². The maximum Gasteiger partial charge on any atom is 0.269 e. The van der Waals surface area contributed by atoms with Gasteiger partial charge in [0.05, 0.1) is 6.10 Å². The number of aryl methyl sites for hydroxylation is 1. The number of hydrogen-bond donors (Lipinski definition) is 2. The lowest BCUT2D eigenvalue weighted by Gasteiger charge is -2.26. The Morgan fingerprint density at radius 3 is 3.06 bits per heavy atom. The van der Waals surface area contributed by atoms with Gasteiger partial charge in [0.15, 0.2) is 0 Å². The molecule has 2 unspecified atom stereocenters. The van der Waals surface area contributed by atoms with Gasteiger partial charge in [-0.05, 0) is 26.0 Å². The van der Waals surface area contributed by atoms with Crippen LogP contribution in [0.3, 0.4) is 0 Å². The maximum atomic E-state index is 11.9. The topological polar surface area (TPSA) is 71.5 Å². The summed E-state index contributed by atoms with van der Waals surface area (Å²) < 4.78 is 5.31. The van der Waals surface area contributed by atoms with Crippen LogP contribution in [0.15, 0.2) is 18.2 Å². The lowest BCUT2D eigenvalue weighted by atomic mass is 9.97. The lowest BCUT2D eigenvalue weighted by Crippen LogP contribution is -2.47. The molecule has 98 valence electrons. The van der Waals surface area contributed by atoms with E-state index in [4.69, 9.17) is 4.74 Å². The van der Waals surface area contributed by atoms with Gasteiger partial charge in [0.2, 0.25) is 0 Å². The zero-order chi connectivity index (χ0) is 13.2. The smallest absolute Gasteiger partial charge is 0.269 e. The lowest BCUT2D eigenvalue weighted by molar-refractivity contribution is -0.0252. The molecule has 1 saturated heterocycles. The Bertz CT molecular complexity index is 450. The zero-order valence-corrected chi connectivity index (χ0v) is 10.6. The maximum absolute atomic E-state index is 11.9. The first-order valence-electron chi connectivity index (χ1n) is 6.07. The van der Waals surface area contributed by atoms with Gasteiger partial charge in [0, 0.05) is 25.3 Å². The molecular weight excluding hydrogens is 232 g/mol. The van der Waals surface area contributed by atoms with Crippen LogP contribution >= 0.6 is 0 Å². The van der Waals surface area contributed by atoms with Gasteiger partial charge in [-0.15, -0.1) is 0 Å². The van der Waals surface area contributed by atoms with Gasteiger partial charge < -0.3 is 15.2 Å². The van der Waals surface area contributed by atoms with E-state index in [-0.39, 0.29) is 18.6 Å². The molecule has 5 nitrogen and oxygen atoms in total. The molecule has 1 fully saturated rings. The molecule has 1 aliphatic rings. The van der Waals surface area contributed by atoms with Gasteiger partial charge in [0.1, 0.15) is 11.3 Å². The van der Waals surface area contributed by atoms with E-state index < -0.39 is 5.60 Å². The van der Waals surface area contributed by atoms with Crippen LogP contribution in [-0.4, -0.2) is 40.9 Å². The van der Waals surface area contributed by atoms with Crippen LogP contribution in [0.5, 0.6) is 0 Å². The molecule has 0 aromatic carbocycles. The van der Waals surface area contributed by atoms with Gasteiger partial charge in [-0.1, -0.05) is 6.07 Å². The highest BCUT2D eigenvalue weighted by molar-refractivity contribution is 5.92. The number of carbonyl (C=O) groups excluding carboxylic acids is 1. The third-order valence-corrected chi connectivity index (χ3v) is 3.34. The molecule has 2 rings (SSSR count). The van der Waals surface area contributed by atoms with E-state index in [1.54, 1.807) is 12.1 Å². The van der Waals surface area contributed by atoms with Crippen molar-refractivity contribution < 1.29 is 14.6 Å². The molecule has 0 radical (unpaired) electrons. The fourth-order valence-electron chi connectivity index (χ4n) is 2.00. The second-order valence-corrected chi connectivity index (χ2v) is 4.71. The van der Waals surface area contributed by atoms with E-state index in [1.807, 2.05) is 19.9 Å². The third kappa shape index (κ3) is 2.68. The minimum atomic E-state index is -0.973. The molecule has 1 aromatic rings. The van der Waals surface area contributed by atoms with Crippen LogP contribution in [0.4, 0.5) is 0 Å². The first kappa shape index (κ1) is 13.0.